The van der Waals surface area contributed by atoms with Crippen molar-refractivity contribution in [3.63, 3.8) is 0 Å². The SMILES string of the molecule is CC1(C)CC2CCCNc3cc(OCc4ccccc4)cc(n3)SNC(=O)c3ccc(N4C=CC(OCCC5C6(CC6)C56CC6)N4)nc3N1C2. The van der Waals surface area contributed by atoms with Gasteiger partial charge in [-0.2, -0.15) is 5.43 Å². The summed E-state index contributed by atoms with van der Waals surface area (Å²) in [6, 6.07) is 17.7. The summed E-state index contributed by atoms with van der Waals surface area (Å²) in [5.74, 6) is 4.03. The molecule has 3 aromatic rings. The monoisotopic (exact) mass is 693 g/mol. The minimum absolute atomic E-state index is 0.152. The molecule has 0 radical (unpaired) electrons. The van der Waals surface area contributed by atoms with Crippen molar-refractivity contribution in [3.05, 3.63) is 78.0 Å². The number of carbonyl (C=O) groups is 1. The molecule has 5 heterocycles. The predicted octanol–water partition coefficient (Wildman–Crippen LogP) is 7.06. The molecule has 3 aliphatic heterocycles. The van der Waals surface area contributed by atoms with Gasteiger partial charge in [-0.05, 0) is 112 Å². The molecule has 4 bridgehead atoms. The number of benzene rings is 1. The van der Waals surface area contributed by atoms with Crippen molar-refractivity contribution in [1.82, 2.24) is 20.1 Å². The molecule has 50 heavy (non-hydrogen) atoms. The number of carbonyl (C=O) groups excluding carboxylic acids is 1. The van der Waals surface area contributed by atoms with Crippen LogP contribution in [0.1, 0.15) is 81.1 Å². The molecule has 10 nitrogen and oxygen atoms in total. The van der Waals surface area contributed by atoms with Crippen molar-refractivity contribution in [2.75, 3.05) is 34.9 Å². The number of hydrogen-bond donors (Lipinski definition) is 3. The molecule has 4 fully saturated rings. The van der Waals surface area contributed by atoms with E-state index in [0.29, 0.717) is 45.5 Å². The van der Waals surface area contributed by atoms with E-state index in [0.717, 1.165) is 62.1 Å². The molecule has 3 N–H and O–H groups in total. The second kappa shape index (κ2) is 12.5. The maximum atomic E-state index is 13.9. The minimum Gasteiger partial charge on any atom is -0.489 e. The van der Waals surface area contributed by atoms with Crippen LogP contribution in [0.25, 0.3) is 0 Å². The Bertz CT molecular complexity index is 1780. The largest absolute Gasteiger partial charge is 0.489 e. The Balaban J connectivity index is 0.918. The molecular formula is C39H47N7O3S. The van der Waals surface area contributed by atoms with Gasteiger partial charge in [0.05, 0.1) is 5.56 Å². The zero-order chi connectivity index (χ0) is 33.9. The van der Waals surface area contributed by atoms with E-state index in [1.807, 2.05) is 65.8 Å². The number of anilines is 3. The number of nitrogens with one attached hydrogen (secondary N) is 3. The predicted molar refractivity (Wildman–Crippen MR) is 196 cm³/mol. The highest BCUT2D eigenvalue weighted by molar-refractivity contribution is 7.97. The minimum atomic E-state index is -0.210. The smallest absolute Gasteiger partial charge is 0.265 e. The Labute approximate surface area is 298 Å². The van der Waals surface area contributed by atoms with Gasteiger partial charge in [-0.3, -0.25) is 14.5 Å². The molecule has 11 heteroatoms. The number of hydrazine groups is 1. The zero-order valence-corrected chi connectivity index (χ0v) is 29.8. The second-order valence-corrected chi connectivity index (χ2v) is 16.5. The van der Waals surface area contributed by atoms with Crippen LogP contribution in [-0.2, 0) is 11.3 Å². The first kappa shape index (κ1) is 32.1. The van der Waals surface area contributed by atoms with Crippen LogP contribution in [0, 0.1) is 22.7 Å². The number of pyridine rings is 2. The standard InChI is InChI=1S/C39H47N7O3S/c1-37(2)23-27-9-6-18-40-31-21-28(49-25-26-7-4-3-5-8-26)22-34(41-31)50-44-36(47)29-10-11-32(42-35(29)45(37)24-27)46-19-12-33(43-46)48-20-13-30-38(14-15-38)39(30)16-17-39/h3-5,7-8,10-12,19,21-22,27,30,33,43H,6,9,13-18,20,23-25H2,1-2H3,(H,40,41)(H,44,47). The van der Waals surface area contributed by atoms with Crippen molar-refractivity contribution in [2.45, 2.75) is 88.6 Å². The van der Waals surface area contributed by atoms with E-state index >= 15 is 0 Å². The van der Waals surface area contributed by atoms with Gasteiger partial charge in [0.25, 0.3) is 5.91 Å². The molecule has 1 saturated heterocycles. The van der Waals surface area contributed by atoms with E-state index in [1.165, 1.54) is 44.1 Å². The van der Waals surface area contributed by atoms with Crippen LogP contribution >= 0.6 is 11.9 Å². The lowest BCUT2D eigenvalue weighted by Crippen LogP contribution is -2.41. The van der Waals surface area contributed by atoms with Crippen molar-refractivity contribution < 1.29 is 14.3 Å². The molecular weight excluding hydrogens is 647 g/mol. The number of hydrogen-bond acceptors (Lipinski definition) is 10. The normalized spacial score (nSPS) is 25.4. The van der Waals surface area contributed by atoms with Crippen molar-refractivity contribution in [2.24, 2.45) is 22.7 Å². The molecule has 1 amide bonds. The van der Waals surface area contributed by atoms with Gasteiger partial charge in [-0.1, -0.05) is 30.3 Å². The van der Waals surface area contributed by atoms with Crippen molar-refractivity contribution >= 4 is 35.3 Å². The molecule has 6 aliphatic rings. The van der Waals surface area contributed by atoms with E-state index in [-0.39, 0.29) is 17.7 Å². The van der Waals surface area contributed by atoms with Crippen LogP contribution in [0.5, 0.6) is 5.75 Å². The fraction of sp³-hybridized carbons (Fsp3) is 0.513. The second-order valence-electron chi connectivity index (χ2n) is 15.7. The van der Waals surface area contributed by atoms with Gasteiger partial charge < -0.3 is 19.7 Å². The first-order valence-corrected chi connectivity index (χ1v) is 19.2. The summed E-state index contributed by atoms with van der Waals surface area (Å²) in [5, 5.41) is 6.07. The molecule has 9 rings (SSSR count). The van der Waals surface area contributed by atoms with Gasteiger partial charge in [0, 0.05) is 55.5 Å². The lowest BCUT2D eigenvalue weighted by atomic mass is 9.93. The number of rotatable bonds is 8. The summed E-state index contributed by atoms with van der Waals surface area (Å²) in [6.45, 7) is 7.40. The summed E-state index contributed by atoms with van der Waals surface area (Å²) in [7, 11) is 0. The van der Waals surface area contributed by atoms with Crippen LogP contribution in [0.3, 0.4) is 0 Å². The summed E-state index contributed by atoms with van der Waals surface area (Å²) < 4.78 is 15.5. The van der Waals surface area contributed by atoms with Gasteiger partial charge in [-0.15, -0.1) is 0 Å². The third-order valence-corrected chi connectivity index (χ3v) is 12.8. The summed E-state index contributed by atoms with van der Waals surface area (Å²) in [6.07, 6.45) is 13.9. The van der Waals surface area contributed by atoms with Gasteiger partial charge >= 0.3 is 0 Å². The fourth-order valence-electron chi connectivity index (χ4n) is 9.41. The van der Waals surface area contributed by atoms with Crippen molar-refractivity contribution in [3.8, 4) is 5.75 Å². The van der Waals surface area contributed by atoms with E-state index in [4.69, 9.17) is 19.4 Å². The molecule has 2 aromatic heterocycles. The van der Waals surface area contributed by atoms with Crippen LogP contribution < -0.4 is 30.1 Å². The number of fused-ring (bicyclic) bond motifs is 7. The zero-order valence-electron chi connectivity index (χ0n) is 29.0. The molecule has 1 aromatic carbocycles. The average molecular weight is 694 g/mol. The maximum Gasteiger partial charge on any atom is 0.265 e. The van der Waals surface area contributed by atoms with E-state index in [9.17, 15) is 4.79 Å². The van der Waals surface area contributed by atoms with Gasteiger partial charge in [-0.25, -0.2) is 9.97 Å². The molecule has 3 aliphatic carbocycles. The lowest BCUT2D eigenvalue weighted by molar-refractivity contribution is 0.0624. The summed E-state index contributed by atoms with van der Waals surface area (Å²) >= 11 is 1.19. The highest BCUT2D eigenvalue weighted by Gasteiger charge is 2.85. The Kier molecular flexibility index (Phi) is 8.00. The fourth-order valence-corrected chi connectivity index (χ4v) is 10.0. The van der Waals surface area contributed by atoms with Crippen LogP contribution in [0.15, 0.2) is 71.9 Å². The van der Waals surface area contributed by atoms with Gasteiger partial charge in [0.15, 0.2) is 0 Å². The maximum absolute atomic E-state index is 13.9. The third-order valence-electron chi connectivity index (χ3n) is 12.1. The average Bonchev–Trinajstić information content (AvgIpc) is 4.07. The van der Waals surface area contributed by atoms with E-state index in [1.54, 1.807) is 0 Å². The Morgan fingerprint density at radius 3 is 2.64 bits per heavy atom. The lowest BCUT2D eigenvalue weighted by Gasteiger charge is -2.34. The highest BCUT2D eigenvalue weighted by atomic mass is 32.2. The highest BCUT2D eigenvalue weighted by Crippen LogP contribution is 2.93. The topological polar surface area (TPSA) is 104 Å². The van der Waals surface area contributed by atoms with E-state index in [2.05, 4.69) is 40.3 Å². The number of ether oxygens (including phenoxy) is 2. The van der Waals surface area contributed by atoms with Gasteiger partial charge in [0.2, 0.25) is 0 Å². The first-order chi connectivity index (χ1) is 24.3. The number of amides is 1. The molecule has 2 atom stereocenters. The van der Waals surface area contributed by atoms with Crippen molar-refractivity contribution in [1.29, 1.82) is 0 Å². The van der Waals surface area contributed by atoms with Gasteiger partial charge in [0.1, 0.15) is 41.1 Å². The number of nitrogens with zero attached hydrogens (tertiary/aromatic N) is 4. The molecule has 2 unspecified atom stereocenters. The van der Waals surface area contributed by atoms with Crippen LogP contribution in [-0.4, -0.2) is 47.3 Å². The molecule has 262 valence electrons. The number of aromatic nitrogens is 2. The van der Waals surface area contributed by atoms with Crippen LogP contribution in [0.4, 0.5) is 17.5 Å². The Hall–Kier alpha value is -3.80. The summed E-state index contributed by atoms with van der Waals surface area (Å²) in [5.41, 5.74) is 6.37. The molecule has 2 spiro atoms. The first-order valence-electron chi connectivity index (χ1n) is 18.4. The Morgan fingerprint density at radius 1 is 1.02 bits per heavy atom. The summed E-state index contributed by atoms with van der Waals surface area (Å²) in [4.78, 5) is 26.2. The van der Waals surface area contributed by atoms with E-state index < -0.39 is 0 Å². The third kappa shape index (κ3) is 6.01. The van der Waals surface area contributed by atoms with Crippen LogP contribution in [0.2, 0.25) is 0 Å². The molecule has 3 saturated carbocycles. The Morgan fingerprint density at radius 2 is 1.84 bits per heavy atom. The quantitative estimate of drug-likeness (QED) is 0.213.